The zero-order valence-electron chi connectivity index (χ0n) is 14.9. The van der Waals surface area contributed by atoms with Crippen LogP contribution >= 0.6 is 24.0 Å². The highest BCUT2D eigenvalue weighted by molar-refractivity contribution is 8.26. The van der Waals surface area contributed by atoms with Crippen molar-refractivity contribution in [3.05, 3.63) is 27.9 Å². The van der Waals surface area contributed by atoms with Gasteiger partial charge in [0.05, 0.1) is 24.2 Å². The second kappa shape index (κ2) is 8.03. The van der Waals surface area contributed by atoms with Crippen molar-refractivity contribution in [1.82, 2.24) is 9.47 Å². The van der Waals surface area contributed by atoms with Gasteiger partial charge in [-0.3, -0.25) is 9.69 Å². The Bertz CT molecular complexity index is 705. The highest BCUT2D eigenvalue weighted by atomic mass is 32.2. The molecule has 0 aromatic carbocycles. The lowest BCUT2D eigenvalue weighted by atomic mass is 10.2. The minimum Gasteiger partial charge on any atom is -0.383 e. The zero-order chi connectivity index (χ0) is 18.0. The lowest BCUT2D eigenvalue weighted by Crippen LogP contribution is -2.35. The van der Waals surface area contributed by atoms with Crippen LogP contribution in [0.5, 0.6) is 0 Å². The van der Waals surface area contributed by atoms with Crippen molar-refractivity contribution in [3.8, 4) is 0 Å². The largest absolute Gasteiger partial charge is 0.383 e. The van der Waals surface area contributed by atoms with Gasteiger partial charge >= 0.3 is 0 Å². The van der Waals surface area contributed by atoms with Gasteiger partial charge in [-0.15, -0.1) is 0 Å². The Labute approximate surface area is 158 Å². The minimum absolute atomic E-state index is 0.00723. The van der Waals surface area contributed by atoms with Crippen LogP contribution in [-0.2, 0) is 20.8 Å². The summed E-state index contributed by atoms with van der Waals surface area (Å²) in [5.74, 6) is -0.00723. The molecular weight excluding hydrogens is 356 g/mol. The van der Waals surface area contributed by atoms with Gasteiger partial charge < -0.3 is 14.0 Å². The standard InChI is InChI=1S/C18H24N2O3S2/c1-12-9-14(13(2)19(12)6-8-22-3)10-16-17(21)20(18(24)25-16)11-15-5-4-7-23-15/h9-10,15H,4-8,11H2,1-3H3/b16-10-/t15-/m1/s1. The van der Waals surface area contributed by atoms with Crippen LogP contribution in [0.1, 0.15) is 29.8 Å². The van der Waals surface area contributed by atoms with E-state index in [1.54, 1.807) is 12.0 Å². The number of nitrogens with zero attached hydrogens (tertiary/aromatic N) is 2. The van der Waals surface area contributed by atoms with E-state index in [4.69, 9.17) is 21.7 Å². The third kappa shape index (κ3) is 4.00. The number of rotatable bonds is 6. The molecule has 5 nitrogen and oxygen atoms in total. The fourth-order valence-electron chi connectivity index (χ4n) is 3.29. The SMILES string of the molecule is COCCn1c(C)cc(/C=C2\SC(=S)N(C[C@H]3CCCO3)C2=O)c1C. The molecule has 1 amide bonds. The maximum absolute atomic E-state index is 12.8. The number of ether oxygens (including phenoxy) is 2. The number of carbonyl (C=O) groups excluding carboxylic acids is 1. The summed E-state index contributed by atoms with van der Waals surface area (Å²) in [4.78, 5) is 15.1. The van der Waals surface area contributed by atoms with E-state index in [0.717, 1.165) is 42.9 Å². The Kier molecular flexibility index (Phi) is 5.99. The summed E-state index contributed by atoms with van der Waals surface area (Å²) in [5, 5.41) is 0. The number of thiocarbonyl (C=S) groups is 1. The molecule has 0 spiro atoms. The number of thioether (sulfide) groups is 1. The van der Waals surface area contributed by atoms with Crippen LogP contribution in [0.3, 0.4) is 0 Å². The third-order valence-electron chi connectivity index (χ3n) is 4.70. The molecule has 3 rings (SSSR count). The van der Waals surface area contributed by atoms with Gasteiger partial charge in [0.15, 0.2) is 0 Å². The van der Waals surface area contributed by atoms with Crippen LogP contribution in [0.4, 0.5) is 0 Å². The molecule has 2 aliphatic heterocycles. The molecule has 1 atom stereocenters. The summed E-state index contributed by atoms with van der Waals surface area (Å²) >= 11 is 6.80. The first-order chi connectivity index (χ1) is 12.0. The van der Waals surface area contributed by atoms with Gasteiger partial charge in [0.1, 0.15) is 4.32 Å². The first kappa shape index (κ1) is 18.6. The predicted molar refractivity (Wildman–Crippen MR) is 105 cm³/mol. The molecule has 2 aliphatic rings. The molecule has 0 saturated carbocycles. The summed E-state index contributed by atoms with van der Waals surface area (Å²) in [7, 11) is 1.70. The predicted octanol–water partition coefficient (Wildman–Crippen LogP) is 3.13. The van der Waals surface area contributed by atoms with E-state index in [-0.39, 0.29) is 12.0 Å². The number of aryl methyl sites for hydroxylation is 1. The molecule has 3 heterocycles. The van der Waals surface area contributed by atoms with Crippen LogP contribution in [0, 0.1) is 13.8 Å². The molecule has 1 aromatic heterocycles. The van der Waals surface area contributed by atoms with E-state index < -0.39 is 0 Å². The first-order valence-electron chi connectivity index (χ1n) is 8.54. The quantitative estimate of drug-likeness (QED) is 0.560. The fraction of sp³-hybridized carbons (Fsp3) is 0.556. The molecule has 0 unspecified atom stereocenters. The van der Waals surface area contributed by atoms with Gasteiger partial charge in [-0.2, -0.15) is 0 Å². The molecule has 136 valence electrons. The molecule has 0 N–H and O–H groups in total. The van der Waals surface area contributed by atoms with Crippen molar-refractivity contribution in [1.29, 1.82) is 0 Å². The van der Waals surface area contributed by atoms with Gasteiger partial charge in [-0.05, 0) is 44.4 Å². The van der Waals surface area contributed by atoms with Crippen LogP contribution in [0.15, 0.2) is 11.0 Å². The number of carbonyl (C=O) groups is 1. The summed E-state index contributed by atoms with van der Waals surface area (Å²) in [6, 6.07) is 2.11. The summed E-state index contributed by atoms with van der Waals surface area (Å²) < 4.78 is 13.7. The number of amides is 1. The summed E-state index contributed by atoms with van der Waals surface area (Å²) in [6.07, 6.45) is 4.13. The van der Waals surface area contributed by atoms with Gasteiger partial charge in [0.25, 0.3) is 5.91 Å². The third-order valence-corrected chi connectivity index (χ3v) is 6.08. The van der Waals surface area contributed by atoms with Crippen molar-refractivity contribution < 1.29 is 14.3 Å². The first-order valence-corrected chi connectivity index (χ1v) is 9.76. The monoisotopic (exact) mass is 380 g/mol. The maximum atomic E-state index is 12.8. The Morgan fingerprint density at radius 3 is 2.96 bits per heavy atom. The van der Waals surface area contributed by atoms with Gasteiger partial charge in [0, 0.05) is 31.6 Å². The zero-order valence-corrected chi connectivity index (χ0v) is 16.5. The maximum Gasteiger partial charge on any atom is 0.266 e. The second-order valence-corrected chi connectivity index (χ2v) is 8.07. The van der Waals surface area contributed by atoms with Crippen LogP contribution < -0.4 is 0 Å². The molecule has 0 aliphatic carbocycles. The number of hydrogen-bond acceptors (Lipinski definition) is 5. The Morgan fingerprint density at radius 2 is 2.28 bits per heavy atom. The normalized spacial score (nSPS) is 22.6. The average Bonchev–Trinajstić information content (AvgIpc) is 3.25. The Morgan fingerprint density at radius 1 is 1.48 bits per heavy atom. The van der Waals surface area contributed by atoms with Crippen molar-refractivity contribution in [2.45, 2.75) is 39.3 Å². The van der Waals surface area contributed by atoms with Gasteiger partial charge in [-0.1, -0.05) is 24.0 Å². The van der Waals surface area contributed by atoms with Crippen LogP contribution in [-0.4, -0.2) is 52.7 Å². The Balaban J connectivity index is 1.77. The highest BCUT2D eigenvalue weighted by Gasteiger charge is 2.34. The number of methoxy groups -OCH3 is 1. The molecule has 0 bridgehead atoms. The van der Waals surface area contributed by atoms with Gasteiger partial charge in [-0.25, -0.2) is 0 Å². The number of hydrogen-bond donors (Lipinski definition) is 0. The van der Waals surface area contributed by atoms with E-state index in [0.29, 0.717) is 22.4 Å². The van der Waals surface area contributed by atoms with E-state index in [1.807, 2.05) is 6.08 Å². The molecule has 25 heavy (non-hydrogen) atoms. The smallest absolute Gasteiger partial charge is 0.266 e. The topological polar surface area (TPSA) is 43.7 Å². The lowest BCUT2D eigenvalue weighted by molar-refractivity contribution is -0.123. The second-order valence-electron chi connectivity index (χ2n) is 6.40. The Hall–Kier alpha value is -1.15. The van der Waals surface area contributed by atoms with Crippen molar-refractivity contribution in [2.24, 2.45) is 0 Å². The molecule has 1 aromatic rings. The molecule has 2 fully saturated rings. The minimum atomic E-state index is -0.00723. The van der Waals surface area contributed by atoms with E-state index in [1.165, 1.54) is 11.8 Å². The van der Waals surface area contributed by atoms with E-state index in [9.17, 15) is 4.79 Å². The number of aromatic nitrogens is 1. The van der Waals surface area contributed by atoms with Crippen molar-refractivity contribution >= 4 is 40.3 Å². The van der Waals surface area contributed by atoms with Crippen molar-refractivity contribution in [2.75, 3.05) is 26.9 Å². The summed E-state index contributed by atoms with van der Waals surface area (Å²) in [5.41, 5.74) is 3.36. The lowest BCUT2D eigenvalue weighted by Gasteiger charge is -2.18. The fourth-order valence-corrected chi connectivity index (χ4v) is 4.56. The highest BCUT2D eigenvalue weighted by Crippen LogP contribution is 2.34. The molecule has 7 heteroatoms. The van der Waals surface area contributed by atoms with Crippen molar-refractivity contribution in [3.63, 3.8) is 0 Å². The summed E-state index contributed by atoms with van der Waals surface area (Å²) in [6.45, 7) is 6.96. The van der Waals surface area contributed by atoms with E-state index >= 15 is 0 Å². The van der Waals surface area contributed by atoms with E-state index in [2.05, 4.69) is 24.5 Å². The molecule has 2 saturated heterocycles. The average molecular weight is 381 g/mol. The van der Waals surface area contributed by atoms with Crippen LogP contribution in [0.2, 0.25) is 0 Å². The molecule has 0 radical (unpaired) electrons. The van der Waals surface area contributed by atoms with Gasteiger partial charge in [0.2, 0.25) is 0 Å². The molecular formula is C18H24N2O3S2. The van der Waals surface area contributed by atoms with Crippen LogP contribution in [0.25, 0.3) is 6.08 Å².